The van der Waals surface area contributed by atoms with Gasteiger partial charge in [-0.2, -0.15) is 39.5 Å². The number of hydrogen-bond acceptors (Lipinski definition) is 4. The quantitative estimate of drug-likeness (QED) is 0.290. The van der Waals surface area contributed by atoms with E-state index in [1.165, 1.54) is 0 Å². The van der Waals surface area contributed by atoms with Gasteiger partial charge in [0.1, 0.15) is 23.0 Å². The summed E-state index contributed by atoms with van der Waals surface area (Å²) in [6, 6.07) is 6.54. The first-order chi connectivity index (χ1) is 15.5. The zero-order valence-corrected chi connectivity index (χ0v) is 16.6. The number of hydrogen-bond donors (Lipinski definition) is 2. The molecule has 4 N–H and O–H groups in total. The third-order valence-electron chi connectivity index (χ3n) is 4.34. The molecular formula is C21H13F9N2O2. The fourth-order valence-electron chi connectivity index (χ4n) is 2.85. The van der Waals surface area contributed by atoms with Gasteiger partial charge < -0.3 is 20.9 Å². The van der Waals surface area contributed by atoms with Crippen molar-refractivity contribution in [2.75, 3.05) is 11.5 Å². The van der Waals surface area contributed by atoms with Gasteiger partial charge in [0, 0.05) is 29.6 Å². The maximum Gasteiger partial charge on any atom is 0.418 e. The molecule has 3 aromatic rings. The largest absolute Gasteiger partial charge is 0.457 e. The molecule has 4 nitrogen and oxygen atoms in total. The van der Waals surface area contributed by atoms with E-state index in [-0.39, 0.29) is 11.5 Å². The van der Waals surface area contributed by atoms with E-state index in [4.69, 9.17) is 20.9 Å². The second-order valence-electron chi connectivity index (χ2n) is 6.89. The van der Waals surface area contributed by atoms with E-state index in [0.717, 1.165) is 30.3 Å². The summed E-state index contributed by atoms with van der Waals surface area (Å²) in [5.41, 5.74) is 5.71. The molecule has 3 aromatic carbocycles. The highest BCUT2D eigenvalue weighted by molar-refractivity contribution is 5.55. The van der Waals surface area contributed by atoms with E-state index in [0.29, 0.717) is 24.3 Å². The average Bonchev–Trinajstić information content (AvgIpc) is 2.65. The Bertz CT molecular complexity index is 1120. The highest BCUT2D eigenvalue weighted by atomic mass is 19.4. The first-order valence-electron chi connectivity index (χ1n) is 9.05. The second kappa shape index (κ2) is 8.54. The first-order valence-corrected chi connectivity index (χ1v) is 9.05. The Morgan fingerprint density at radius 2 is 0.853 bits per heavy atom. The van der Waals surface area contributed by atoms with Gasteiger partial charge in [0.2, 0.25) is 0 Å². The summed E-state index contributed by atoms with van der Waals surface area (Å²) in [6.07, 6.45) is -14.4. The fraction of sp³-hybridized carbons (Fsp3) is 0.143. The zero-order valence-electron chi connectivity index (χ0n) is 16.6. The van der Waals surface area contributed by atoms with Crippen LogP contribution in [0.1, 0.15) is 16.7 Å². The number of ether oxygens (including phenoxy) is 2. The minimum absolute atomic E-state index is 0.297. The van der Waals surface area contributed by atoms with Crippen molar-refractivity contribution < 1.29 is 49.0 Å². The Hall–Kier alpha value is -3.77. The van der Waals surface area contributed by atoms with Gasteiger partial charge in [-0.25, -0.2) is 0 Å². The highest BCUT2D eigenvalue weighted by Crippen LogP contribution is 2.41. The number of alkyl halides is 9. The number of nitrogen functional groups attached to an aromatic ring is 2. The van der Waals surface area contributed by atoms with Gasteiger partial charge in [-0.3, -0.25) is 0 Å². The average molecular weight is 496 g/mol. The van der Waals surface area contributed by atoms with E-state index in [1.807, 2.05) is 0 Å². The summed E-state index contributed by atoms with van der Waals surface area (Å²) < 4.78 is 127. The van der Waals surface area contributed by atoms with Gasteiger partial charge in [-0.05, 0) is 36.4 Å². The minimum atomic E-state index is -4.88. The van der Waals surface area contributed by atoms with Crippen molar-refractivity contribution in [2.24, 2.45) is 0 Å². The van der Waals surface area contributed by atoms with Crippen LogP contribution in [0.5, 0.6) is 23.0 Å². The van der Waals surface area contributed by atoms with Gasteiger partial charge in [-0.15, -0.1) is 0 Å². The van der Waals surface area contributed by atoms with Crippen molar-refractivity contribution >= 4 is 11.4 Å². The minimum Gasteiger partial charge on any atom is -0.457 e. The van der Waals surface area contributed by atoms with Crippen LogP contribution in [0.2, 0.25) is 0 Å². The molecule has 0 bridgehead atoms. The Balaban J connectivity index is 1.95. The molecule has 0 spiro atoms. The maximum absolute atomic E-state index is 13.3. The van der Waals surface area contributed by atoms with Crippen molar-refractivity contribution in [1.29, 1.82) is 0 Å². The van der Waals surface area contributed by atoms with E-state index in [9.17, 15) is 39.5 Å². The SMILES string of the molecule is Nc1cc(Oc2cc(Oc3ccc(C(F)(F)F)c(N)c3)cc(C(F)(F)F)c2)ccc1C(F)(F)F. The lowest BCUT2D eigenvalue weighted by Crippen LogP contribution is -2.09. The monoisotopic (exact) mass is 496 g/mol. The summed E-state index contributed by atoms with van der Waals surface area (Å²) in [5, 5.41) is 0. The van der Waals surface area contributed by atoms with Gasteiger partial charge in [0.15, 0.2) is 0 Å². The van der Waals surface area contributed by atoms with Crippen LogP contribution in [0.25, 0.3) is 0 Å². The third kappa shape index (κ3) is 5.77. The Kier molecular flexibility index (Phi) is 6.24. The summed E-state index contributed by atoms with van der Waals surface area (Å²) in [4.78, 5) is 0. The van der Waals surface area contributed by atoms with Crippen LogP contribution in [-0.2, 0) is 18.5 Å². The Morgan fingerprint density at radius 1 is 0.471 bits per heavy atom. The number of anilines is 2. The molecule has 0 aliphatic heterocycles. The third-order valence-corrected chi connectivity index (χ3v) is 4.34. The summed E-state index contributed by atoms with van der Waals surface area (Å²) in [7, 11) is 0. The van der Waals surface area contributed by atoms with E-state index >= 15 is 0 Å². The standard InChI is InChI=1S/C21H13F9N2O2/c22-19(23,24)10-5-13(33-11-1-3-15(17(31)8-11)20(25,26)27)7-14(6-10)34-12-2-4-16(18(32)9-12)21(28,29)30/h1-9H,31-32H2. The Morgan fingerprint density at radius 3 is 1.15 bits per heavy atom. The lowest BCUT2D eigenvalue weighted by molar-refractivity contribution is -0.138. The van der Waals surface area contributed by atoms with E-state index < -0.39 is 58.1 Å². The predicted molar refractivity (Wildman–Crippen MR) is 103 cm³/mol. The first kappa shape index (κ1) is 24.9. The molecule has 0 radical (unpaired) electrons. The summed E-state index contributed by atoms with van der Waals surface area (Å²) in [6.45, 7) is 0. The molecular weight excluding hydrogens is 483 g/mol. The second-order valence-corrected chi connectivity index (χ2v) is 6.89. The molecule has 0 heterocycles. The van der Waals surface area contributed by atoms with Gasteiger partial charge in [-0.1, -0.05) is 0 Å². The topological polar surface area (TPSA) is 70.5 Å². The molecule has 0 amide bonds. The van der Waals surface area contributed by atoms with Crippen molar-refractivity contribution in [3.8, 4) is 23.0 Å². The lowest BCUT2D eigenvalue weighted by atomic mass is 10.1. The van der Waals surface area contributed by atoms with Crippen molar-refractivity contribution in [2.45, 2.75) is 18.5 Å². The molecule has 0 atom stereocenters. The number of rotatable bonds is 4. The van der Waals surface area contributed by atoms with Gasteiger partial charge in [0.25, 0.3) is 0 Å². The van der Waals surface area contributed by atoms with Crippen LogP contribution in [-0.4, -0.2) is 0 Å². The molecule has 0 saturated heterocycles. The molecule has 0 aliphatic rings. The molecule has 0 saturated carbocycles. The molecule has 0 aliphatic carbocycles. The van der Waals surface area contributed by atoms with Crippen molar-refractivity contribution in [1.82, 2.24) is 0 Å². The van der Waals surface area contributed by atoms with Crippen LogP contribution in [0.4, 0.5) is 50.9 Å². The smallest absolute Gasteiger partial charge is 0.418 e. The normalized spacial score (nSPS) is 12.5. The fourth-order valence-corrected chi connectivity index (χ4v) is 2.85. The van der Waals surface area contributed by atoms with Gasteiger partial charge >= 0.3 is 18.5 Å². The van der Waals surface area contributed by atoms with Crippen molar-refractivity contribution in [3.05, 3.63) is 71.3 Å². The predicted octanol–water partition coefficient (Wildman–Crippen LogP) is 7.49. The van der Waals surface area contributed by atoms with Crippen LogP contribution in [0, 0.1) is 0 Å². The number of halogens is 9. The van der Waals surface area contributed by atoms with Crippen LogP contribution >= 0.6 is 0 Å². The van der Waals surface area contributed by atoms with E-state index in [1.54, 1.807) is 0 Å². The van der Waals surface area contributed by atoms with Crippen LogP contribution in [0.15, 0.2) is 54.6 Å². The molecule has 3 rings (SSSR count). The summed E-state index contributed by atoms with van der Waals surface area (Å²) >= 11 is 0. The molecule has 0 fully saturated rings. The van der Waals surface area contributed by atoms with Crippen LogP contribution < -0.4 is 20.9 Å². The Labute approximate surface area is 185 Å². The highest BCUT2D eigenvalue weighted by Gasteiger charge is 2.35. The molecule has 182 valence electrons. The van der Waals surface area contributed by atoms with E-state index in [2.05, 4.69) is 0 Å². The molecule has 34 heavy (non-hydrogen) atoms. The summed E-state index contributed by atoms with van der Waals surface area (Å²) in [5.74, 6) is -1.56. The molecule has 0 aromatic heterocycles. The number of nitrogens with two attached hydrogens (primary N) is 2. The molecule has 13 heteroatoms. The van der Waals surface area contributed by atoms with Gasteiger partial charge in [0.05, 0.1) is 16.7 Å². The van der Waals surface area contributed by atoms with Crippen molar-refractivity contribution in [3.63, 3.8) is 0 Å². The van der Waals surface area contributed by atoms with Crippen LogP contribution in [0.3, 0.4) is 0 Å². The molecule has 0 unspecified atom stereocenters. The maximum atomic E-state index is 13.3. The lowest BCUT2D eigenvalue weighted by Gasteiger charge is -2.16. The zero-order chi connectivity index (χ0) is 25.5. The number of benzene rings is 3.